The van der Waals surface area contributed by atoms with Gasteiger partial charge in [-0.3, -0.25) is 15.1 Å². The van der Waals surface area contributed by atoms with Gasteiger partial charge in [-0.05, 0) is 24.7 Å². The predicted octanol–water partition coefficient (Wildman–Crippen LogP) is 0.886. The monoisotopic (exact) mass is 315 g/mol. The van der Waals surface area contributed by atoms with E-state index in [0.29, 0.717) is 13.2 Å². The van der Waals surface area contributed by atoms with E-state index < -0.39 is 6.04 Å². The maximum Gasteiger partial charge on any atom is 0.253 e. The number of carbonyl (C=O) groups excluding carboxylic acids is 1. The van der Waals surface area contributed by atoms with E-state index in [0.717, 1.165) is 10.0 Å². The first kappa shape index (κ1) is 15.1. The van der Waals surface area contributed by atoms with Crippen LogP contribution in [-0.4, -0.2) is 37.6 Å². The molecule has 0 saturated heterocycles. The highest BCUT2D eigenvalue weighted by Gasteiger charge is 2.22. The van der Waals surface area contributed by atoms with Crippen LogP contribution >= 0.6 is 15.9 Å². The van der Waals surface area contributed by atoms with E-state index in [9.17, 15) is 4.79 Å². The number of nitrogens with zero attached hydrogens (tertiary/aromatic N) is 1. The molecule has 1 rings (SSSR count). The van der Waals surface area contributed by atoms with E-state index in [1.54, 1.807) is 7.11 Å². The van der Waals surface area contributed by atoms with Crippen molar-refractivity contribution >= 4 is 21.8 Å². The molecule has 0 fully saturated rings. The second kappa shape index (κ2) is 7.48. The van der Waals surface area contributed by atoms with Crippen molar-refractivity contribution in [3.63, 3.8) is 0 Å². The average Bonchev–Trinajstić information content (AvgIpc) is 2.37. The van der Waals surface area contributed by atoms with Crippen molar-refractivity contribution < 1.29 is 9.53 Å². The Hall–Kier alpha value is -0.950. The molecule has 0 bridgehead atoms. The zero-order chi connectivity index (χ0) is 13.5. The Balaban J connectivity index is 2.68. The van der Waals surface area contributed by atoms with Gasteiger partial charge in [0.2, 0.25) is 0 Å². The van der Waals surface area contributed by atoms with Crippen LogP contribution in [0.25, 0.3) is 0 Å². The number of benzene rings is 1. The number of methoxy groups -OCH3 is 1. The largest absolute Gasteiger partial charge is 0.383 e. The van der Waals surface area contributed by atoms with Gasteiger partial charge in [0.05, 0.1) is 6.61 Å². The van der Waals surface area contributed by atoms with E-state index in [-0.39, 0.29) is 5.91 Å². The molecular formula is C12H18BrN3O2. The van der Waals surface area contributed by atoms with Gasteiger partial charge in [-0.15, -0.1) is 0 Å². The lowest BCUT2D eigenvalue weighted by Gasteiger charge is -2.25. The Kier molecular flexibility index (Phi) is 6.28. The number of likely N-dealkylation sites (N-methyl/N-ethyl adjacent to an activating group) is 1. The van der Waals surface area contributed by atoms with Gasteiger partial charge in [-0.25, -0.2) is 5.84 Å². The Labute approximate surface area is 115 Å². The van der Waals surface area contributed by atoms with Gasteiger partial charge >= 0.3 is 0 Å². The molecule has 0 aliphatic rings. The van der Waals surface area contributed by atoms with Crippen LogP contribution in [0.1, 0.15) is 5.56 Å². The Bertz CT molecular complexity index is 383. The van der Waals surface area contributed by atoms with Gasteiger partial charge < -0.3 is 4.74 Å². The molecule has 3 N–H and O–H groups in total. The summed E-state index contributed by atoms with van der Waals surface area (Å²) < 4.78 is 6.07. The van der Waals surface area contributed by atoms with E-state index in [1.165, 1.54) is 0 Å². The topological polar surface area (TPSA) is 67.6 Å². The van der Waals surface area contributed by atoms with E-state index in [1.807, 2.05) is 36.2 Å². The maximum absolute atomic E-state index is 11.6. The van der Waals surface area contributed by atoms with Crippen LogP contribution in [0.4, 0.5) is 0 Å². The van der Waals surface area contributed by atoms with Gasteiger partial charge in [0.1, 0.15) is 6.04 Å². The summed E-state index contributed by atoms with van der Waals surface area (Å²) in [5, 5.41) is 0. The van der Waals surface area contributed by atoms with Crippen LogP contribution in [0, 0.1) is 0 Å². The van der Waals surface area contributed by atoms with Gasteiger partial charge in [-0.2, -0.15) is 0 Å². The maximum atomic E-state index is 11.6. The summed E-state index contributed by atoms with van der Waals surface area (Å²) in [5.74, 6) is 4.91. The number of ether oxygens (including phenoxy) is 1. The first-order valence-corrected chi connectivity index (χ1v) is 6.32. The van der Waals surface area contributed by atoms with Crippen LogP contribution < -0.4 is 11.3 Å². The van der Waals surface area contributed by atoms with Gasteiger partial charge in [0.25, 0.3) is 5.91 Å². The smallest absolute Gasteiger partial charge is 0.253 e. The lowest BCUT2D eigenvalue weighted by atomic mass is 10.2. The van der Waals surface area contributed by atoms with Crippen molar-refractivity contribution in [1.82, 2.24) is 10.3 Å². The number of hydrogen-bond acceptors (Lipinski definition) is 4. The molecule has 1 amide bonds. The van der Waals surface area contributed by atoms with Crippen molar-refractivity contribution in [2.45, 2.75) is 12.6 Å². The number of hydrogen-bond donors (Lipinski definition) is 2. The van der Waals surface area contributed by atoms with Crippen molar-refractivity contribution in [2.75, 3.05) is 20.8 Å². The lowest BCUT2D eigenvalue weighted by molar-refractivity contribution is -0.128. The molecular weight excluding hydrogens is 298 g/mol. The van der Waals surface area contributed by atoms with Crippen molar-refractivity contribution in [2.24, 2.45) is 5.84 Å². The van der Waals surface area contributed by atoms with Crippen LogP contribution in [-0.2, 0) is 16.1 Å². The predicted molar refractivity (Wildman–Crippen MR) is 73.6 cm³/mol. The number of amides is 1. The molecule has 0 aliphatic carbocycles. The van der Waals surface area contributed by atoms with Crippen LogP contribution in [0.5, 0.6) is 0 Å². The second-order valence-corrected chi connectivity index (χ2v) is 4.94. The minimum Gasteiger partial charge on any atom is -0.383 e. The SMILES string of the molecule is COCC(C(=O)NN)N(C)Cc1ccc(Br)cc1. The summed E-state index contributed by atoms with van der Waals surface area (Å²) in [6.07, 6.45) is 0. The van der Waals surface area contributed by atoms with Crippen LogP contribution in [0.15, 0.2) is 28.7 Å². The van der Waals surface area contributed by atoms with Crippen molar-refractivity contribution in [3.05, 3.63) is 34.3 Å². The second-order valence-electron chi connectivity index (χ2n) is 4.02. The fraction of sp³-hybridized carbons (Fsp3) is 0.417. The van der Waals surface area contributed by atoms with E-state index in [2.05, 4.69) is 21.4 Å². The molecule has 6 heteroatoms. The molecule has 5 nitrogen and oxygen atoms in total. The third kappa shape index (κ3) is 4.38. The van der Waals surface area contributed by atoms with Crippen molar-refractivity contribution in [3.8, 4) is 0 Å². The van der Waals surface area contributed by atoms with Gasteiger partial charge in [0, 0.05) is 18.1 Å². The average molecular weight is 316 g/mol. The summed E-state index contributed by atoms with van der Waals surface area (Å²) in [4.78, 5) is 13.5. The highest BCUT2D eigenvalue weighted by molar-refractivity contribution is 9.10. The first-order chi connectivity index (χ1) is 8.58. The summed E-state index contributed by atoms with van der Waals surface area (Å²) in [6, 6.07) is 7.55. The molecule has 1 unspecified atom stereocenters. The van der Waals surface area contributed by atoms with Gasteiger partial charge in [0.15, 0.2) is 0 Å². The molecule has 18 heavy (non-hydrogen) atoms. The zero-order valence-corrected chi connectivity index (χ0v) is 12.1. The molecule has 0 aliphatic heterocycles. The van der Waals surface area contributed by atoms with E-state index >= 15 is 0 Å². The Morgan fingerprint density at radius 3 is 2.61 bits per heavy atom. The minimum atomic E-state index is -0.399. The molecule has 0 aromatic heterocycles. The molecule has 0 spiro atoms. The van der Waals surface area contributed by atoms with Crippen molar-refractivity contribution in [1.29, 1.82) is 0 Å². The van der Waals surface area contributed by atoms with Crippen LogP contribution in [0.3, 0.4) is 0 Å². The standard InChI is InChI=1S/C12H18BrN3O2/c1-16(11(8-18-2)12(17)15-14)7-9-3-5-10(13)6-4-9/h3-6,11H,7-8,14H2,1-2H3,(H,15,17). The number of nitrogens with two attached hydrogens (primary N) is 1. The molecule has 100 valence electrons. The molecule has 0 heterocycles. The number of halogens is 1. The third-order valence-corrected chi connectivity index (χ3v) is 3.18. The Morgan fingerprint density at radius 1 is 1.50 bits per heavy atom. The zero-order valence-electron chi connectivity index (χ0n) is 10.5. The fourth-order valence-corrected chi connectivity index (χ4v) is 1.91. The molecule has 1 aromatic rings. The summed E-state index contributed by atoms with van der Waals surface area (Å²) >= 11 is 3.39. The number of hydrazine groups is 1. The molecule has 1 aromatic carbocycles. The highest BCUT2D eigenvalue weighted by Crippen LogP contribution is 2.13. The van der Waals surface area contributed by atoms with Crippen LogP contribution in [0.2, 0.25) is 0 Å². The third-order valence-electron chi connectivity index (χ3n) is 2.65. The summed E-state index contributed by atoms with van der Waals surface area (Å²) in [5.41, 5.74) is 3.27. The first-order valence-electron chi connectivity index (χ1n) is 5.52. The summed E-state index contributed by atoms with van der Waals surface area (Å²) in [6.45, 7) is 0.949. The minimum absolute atomic E-state index is 0.253. The molecule has 0 saturated carbocycles. The van der Waals surface area contributed by atoms with E-state index in [4.69, 9.17) is 10.6 Å². The molecule has 0 radical (unpaired) electrons. The number of rotatable bonds is 6. The Morgan fingerprint density at radius 2 is 2.11 bits per heavy atom. The fourth-order valence-electron chi connectivity index (χ4n) is 1.65. The number of nitrogens with one attached hydrogen (secondary N) is 1. The quantitative estimate of drug-likeness (QED) is 0.465. The number of carbonyl (C=O) groups is 1. The summed E-state index contributed by atoms with van der Waals surface area (Å²) in [7, 11) is 3.42. The molecule has 1 atom stereocenters. The lowest BCUT2D eigenvalue weighted by Crippen LogP contribution is -2.49. The van der Waals surface area contributed by atoms with Gasteiger partial charge in [-0.1, -0.05) is 28.1 Å². The normalized spacial score (nSPS) is 12.5. The highest BCUT2D eigenvalue weighted by atomic mass is 79.9.